The molecule has 30 heavy (non-hydrogen) atoms. The lowest BCUT2D eigenvalue weighted by Crippen LogP contribution is -2.38. The van der Waals surface area contributed by atoms with Crippen LogP contribution in [0.4, 0.5) is 11.8 Å². The van der Waals surface area contributed by atoms with E-state index in [9.17, 15) is 4.79 Å². The van der Waals surface area contributed by atoms with Crippen molar-refractivity contribution in [2.75, 3.05) is 18.4 Å². The number of carbonyl (C=O) groups excluding carboxylic acids is 1. The molecular formula is C22H25N7O. The lowest BCUT2D eigenvalue weighted by molar-refractivity contribution is -0.127. The highest BCUT2D eigenvalue weighted by Crippen LogP contribution is 2.27. The third-order valence-corrected chi connectivity index (χ3v) is 5.07. The molecule has 1 saturated heterocycles. The van der Waals surface area contributed by atoms with E-state index in [4.69, 9.17) is 4.98 Å². The van der Waals surface area contributed by atoms with E-state index in [1.54, 1.807) is 24.7 Å². The SMILES string of the molecule is Cc1cc(C)nc(Nc2cccc(C3CCCN(C(=O)/C=C/c4cnc[nH]4)C3)n2)n1. The summed E-state index contributed by atoms with van der Waals surface area (Å²) in [5.74, 6) is 1.46. The third-order valence-electron chi connectivity index (χ3n) is 5.07. The quantitative estimate of drug-likeness (QED) is 0.634. The molecule has 3 aromatic heterocycles. The van der Waals surface area contributed by atoms with Gasteiger partial charge in [0.25, 0.3) is 0 Å². The largest absolute Gasteiger partial charge is 0.345 e. The number of likely N-dealkylation sites (tertiary alicyclic amines) is 1. The van der Waals surface area contributed by atoms with Crippen LogP contribution < -0.4 is 5.32 Å². The van der Waals surface area contributed by atoms with Crippen LogP contribution in [0.2, 0.25) is 0 Å². The molecule has 1 aliphatic rings. The van der Waals surface area contributed by atoms with Crippen LogP contribution in [0.3, 0.4) is 0 Å². The number of H-pyrrole nitrogens is 1. The Kier molecular flexibility index (Phi) is 5.83. The average Bonchev–Trinajstić information content (AvgIpc) is 3.25. The summed E-state index contributed by atoms with van der Waals surface area (Å²) in [6.45, 7) is 5.30. The van der Waals surface area contributed by atoms with Crippen molar-refractivity contribution in [1.29, 1.82) is 0 Å². The Balaban J connectivity index is 1.44. The second-order valence-electron chi connectivity index (χ2n) is 7.51. The molecule has 4 heterocycles. The summed E-state index contributed by atoms with van der Waals surface area (Å²) in [6, 6.07) is 7.84. The van der Waals surface area contributed by atoms with Crippen LogP contribution in [0.5, 0.6) is 0 Å². The molecule has 3 aromatic rings. The van der Waals surface area contributed by atoms with Crippen LogP contribution in [-0.2, 0) is 4.79 Å². The normalized spacial score (nSPS) is 16.7. The molecule has 0 aromatic carbocycles. The van der Waals surface area contributed by atoms with Gasteiger partial charge in [0.05, 0.1) is 18.2 Å². The summed E-state index contributed by atoms with van der Waals surface area (Å²) in [7, 11) is 0. The molecule has 0 saturated carbocycles. The number of nitrogens with one attached hydrogen (secondary N) is 2. The number of nitrogens with zero attached hydrogens (tertiary/aromatic N) is 5. The van der Waals surface area contributed by atoms with E-state index in [1.165, 1.54) is 0 Å². The molecule has 0 bridgehead atoms. The molecule has 1 amide bonds. The molecule has 1 atom stereocenters. The Labute approximate surface area is 175 Å². The Hall–Kier alpha value is -3.55. The van der Waals surface area contributed by atoms with E-state index in [0.29, 0.717) is 18.3 Å². The number of rotatable bonds is 5. The van der Waals surface area contributed by atoms with Gasteiger partial charge >= 0.3 is 0 Å². The Morgan fingerprint density at radius 2 is 2.07 bits per heavy atom. The molecule has 0 radical (unpaired) electrons. The standard InChI is InChI=1S/C22H25N7O/c1-15-11-16(2)26-22(25-15)28-20-7-3-6-19(27-20)17-5-4-10-29(13-17)21(30)9-8-18-12-23-14-24-18/h3,6-9,11-12,14,17H,4-5,10,13H2,1-2H3,(H,23,24)(H,25,26,27,28)/b9-8+. The van der Waals surface area contributed by atoms with E-state index >= 15 is 0 Å². The van der Waals surface area contributed by atoms with Crippen molar-refractivity contribution in [3.05, 3.63) is 65.6 Å². The van der Waals surface area contributed by atoms with E-state index in [0.717, 1.165) is 42.2 Å². The van der Waals surface area contributed by atoms with Gasteiger partial charge in [0.2, 0.25) is 11.9 Å². The highest BCUT2D eigenvalue weighted by Gasteiger charge is 2.24. The highest BCUT2D eigenvalue weighted by atomic mass is 16.2. The van der Waals surface area contributed by atoms with Gasteiger partial charge in [-0.15, -0.1) is 0 Å². The predicted molar refractivity (Wildman–Crippen MR) is 115 cm³/mol. The Morgan fingerprint density at radius 1 is 1.23 bits per heavy atom. The number of amides is 1. The van der Waals surface area contributed by atoms with Gasteiger partial charge in [-0.05, 0) is 51.0 Å². The topological polar surface area (TPSA) is 99.7 Å². The maximum absolute atomic E-state index is 12.6. The number of carbonyl (C=O) groups is 1. The minimum Gasteiger partial charge on any atom is -0.345 e. The smallest absolute Gasteiger partial charge is 0.246 e. The van der Waals surface area contributed by atoms with Gasteiger partial charge in [-0.3, -0.25) is 4.79 Å². The lowest BCUT2D eigenvalue weighted by Gasteiger charge is -2.32. The monoisotopic (exact) mass is 403 g/mol. The van der Waals surface area contributed by atoms with Crippen LogP contribution in [-0.4, -0.2) is 48.8 Å². The number of aromatic nitrogens is 5. The second kappa shape index (κ2) is 8.86. The molecule has 0 spiro atoms. The lowest BCUT2D eigenvalue weighted by atomic mass is 9.94. The van der Waals surface area contributed by atoms with Gasteiger partial charge < -0.3 is 15.2 Å². The Bertz CT molecular complexity index is 1030. The highest BCUT2D eigenvalue weighted by molar-refractivity contribution is 5.91. The fourth-order valence-electron chi connectivity index (χ4n) is 3.69. The molecule has 1 aliphatic heterocycles. The van der Waals surface area contributed by atoms with E-state index < -0.39 is 0 Å². The maximum Gasteiger partial charge on any atom is 0.246 e. The van der Waals surface area contributed by atoms with Crippen molar-refractivity contribution in [1.82, 2.24) is 29.8 Å². The zero-order valence-electron chi connectivity index (χ0n) is 17.2. The van der Waals surface area contributed by atoms with Crippen LogP contribution in [0.1, 0.15) is 41.5 Å². The molecule has 8 nitrogen and oxygen atoms in total. The third kappa shape index (κ3) is 4.89. The first kappa shape index (κ1) is 19.8. The number of hydrogen-bond donors (Lipinski definition) is 2. The van der Waals surface area contributed by atoms with Crippen LogP contribution >= 0.6 is 0 Å². The van der Waals surface area contributed by atoms with Gasteiger partial charge in [0.1, 0.15) is 5.82 Å². The summed E-state index contributed by atoms with van der Waals surface area (Å²) in [5, 5.41) is 3.20. The zero-order chi connectivity index (χ0) is 20.9. The fraction of sp³-hybridized carbons (Fsp3) is 0.318. The van der Waals surface area contributed by atoms with Crippen LogP contribution in [0.15, 0.2) is 42.9 Å². The first-order valence-electron chi connectivity index (χ1n) is 10.1. The minimum atomic E-state index is 0.00668. The summed E-state index contributed by atoms with van der Waals surface area (Å²) in [4.78, 5) is 35.0. The first-order valence-corrected chi connectivity index (χ1v) is 10.1. The number of pyridine rings is 1. The molecule has 4 rings (SSSR count). The van der Waals surface area contributed by atoms with Crippen molar-refractivity contribution in [2.24, 2.45) is 0 Å². The number of piperidine rings is 1. The molecule has 1 fully saturated rings. The van der Waals surface area contributed by atoms with Crippen molar-refractivity contribution in [3.8, 4) is 0 Å². The Morgan fingerprint density at radius 3 is 2.83 bits per heavy atom. The maximum atomic E-state index is 12.6. The first-order chi connectivity index (χ1) is 14.6. The summed E-state index contributed by atoms with van der Waals surface area (Å²) >= 11 is 0. The molecular weight excluding hydrogens is 378 g/mol. The molecule has 154 valence electrons. The van der Waals surface area contributed by atoms with Gasteiger partial charge in [0, 0.05) is 42.2 Å². The average molecular weight is 403 g/mol. The predicted octanol–water partition coefficient (Wildman–Crippen LogP) is 3.37. The van der Waals surface area contributed by atoms with Gasteiger partial charge in [-0.1, -0.05) is 6.07 Å². The van der Waals surface area contributed by atoms with E-state index in [2.05, 4.69) is 25.3 Å². The number of imidazole rings is 1. The molecule has 8 heteroatoms. The van der Waals surface area contributed by atoms with Crippen molar-refractivity contribution < 1.29 is 4.79 Å². The zero-order valence-corrected chi connectivity index (χ0v) is 17.2. The molecule has 1 unspecified atom stereocenters. The second-order valence-corrected chi connectivity index (χ2v) is 7.51. The van der Waals surface area contributed by atoms with E-state index in [1.807, 2.05) is 43.0 Å². The van der Waals surface area contributed by atoms with Gasteiger partial charge in [0.15, 0.2) is 0 Å². The van der Waals surface area contributed by atoms with Crippen molar-refractivity contribution in [3.63, 3.8) is 0 Å². The van der Waals surface area contributed by atoms with Crippen molar-refractivity contribution in [2.45, 2.75) is 32.6 Å². The van der Waals surface area contributed by atoms with Gasteiger partial charge in [-0.2, -0.15) is 0 Å². The number of aromatic amines is 1. The van der Waals surface area contributed by atoms with Gasteiger partial charge in [-0.25, -0.2) is 19.9 Å². The molecule has 0 aliphatic carbocycles. The summed E-state index contributed by atoms with van der Waals surface area (Å²) < 4.78 is 0. The summed E-state index contributed by atoms with van der Waals surface area (Å²) in [5.41, 5.74) is 3.60. The fourth-order valence-corrected chi connectivity index (χ4v) is 3.69. The van der Waals surface area contributed by atoms with E-state index in [-0.39, 0.29) is 11.8 Å². The number of anilines is 2. The van der Waals surface area contributed by atoms with Crippen molar-refractivity contribution >= 4 is 23.7 Å². The number of aryl methyl sites for hydroxylation is 2. The van der Waals surface area contributed by atoms with Crippen LogP contribution in [0, 0.1) is 13.8 Å². The minimum absolute atomic E-state index is 0.00668. The number of hydrogen-bond acceptors (Lipinski definition) is 6. The molecule has 2 N–H and O–H groups in total. The van der Waals surface area contributed by atoms with Crippen LogP contribution in [0.25, 0.3) is 6.08 Å². The summed E-state index contributed by atoms with van der Waals surface area (Å²) in [6.07, 6.45) is 8.59.